The molecule has 0 aliphatic carbocycles. The summed E-state index contributed by atoms with van der Waals surface area (Å²) in [4.78, 5) is 31.0. The molecule has 1 aromatic carbocycles. The van der Waals surface area contributed by atoms with Crippen LogP contribution in [0.15, 0.2) is 58.9 Å². The van der Waals surface area contributed by atoms with E-state index in [9.17, 15) is 14.0 Å². The summed E-state index contributed by atoms with van der Waals surface area (Å²) in [5.74, 6) is -0.620. The molecular formula is C26H26FN5O3SU. The number of pyridine rings is 1. The van der Waals surface area contributed by atoms with Gasteiger partial charge in [-0.3, -0.25) is 36.0 Å². The molecule has 3 rings (SSSR count). The second-order valence-electron chi connectivity index (χ2n) is 7.11. The van der Waals surface area contributed by atoms with Crippen molar-refractivity contribution in [2.24, 2.45) is 4.99 Å². The molecule has 0 saturated carbocycles. The van der Waals surface area contributed by atoms with Gasteiger partial charge in [0.05, 0.1) is 23.4 Å². The second-order valence-corrected chi connectivity index (χ2v) is 7.88. The number of aldehydes is 1. The first-order valence-electron chi connectivity index (χ1n) is 10.8. The maximum atomic E-state index is 14.4. The normalized spacial score (nSPS) is 11.3. The summed E-state index contributed by atoms with van der Waals surface area (Å²) in [6, 6.07) is 6.13. The van der Waals surface area contributed by atoms with Crippen molar-refractivity contribution in [3.63, 3.8) is 0 Å². The van der Waals surface area contributed by atoms with Gasteiger partial charge in [-0.2, -0.15) is 0 Å². The van der Waals surface area contributed by atoms with E-state index in [1.807, 2.05) is 19.9 Å². The van der Waals surface area contributed by atoms with Crippen molar-refractivity contribution in [2.75, 3.05) is 12.4 Å². The molecule has 3 aromatic rings. The Bertz CT molecular complexity index is 1280. The first-order chi connectivity index (χ1) is 17.3. The number of methoxy groups -OCH3 is 1. The maximum absolute atomic E-state index is 14.4. The van der Waals surface area contributed by atoms with Gasteiger partial charge in [-0.1, -0.05) is 24.6 Å². The largest absolute Gasteiger partial charge is 2.00 e. The Kier molecular flexibility index (Phi) is 14.3. The Morgan fingerprint density at radius 2 is 2.14 bits per heavy atom. The van der Waals surface area contributed by atoms with Gasteiger partial charge in [0.15, 0.2) is 6.29 Å². The number of amides is 1. The van der Waals surface area contributed by atoms with Crippen LogP contribution in [0.1, 0.15) is 36.3 Å². The van der Waals surface area contributed by atoms with Crippen LogP contribution in [0.3, 0.4) is 0 Å². The van der Waals surface area contributed by atoms with E-state index in [0.717, 1.165) is 24.0 Å². The number of halogens is 1. The van der Waals surface area contributed by atoms with Crippen LogP contribution in [-0.2, 0) is 4.79 Å². The van der Waals surface area contributed by atoms with E-state index in [1.54, 1.807) is 31.2 Å². The molecule has 2 aromatic heterocycles. The summed E-state index contributed by atoms with van der Waals surface area (Å²) in [7, 11) is 1.45. The number of aromatic nitrogens is 3. The fraction of sp³-hybridized carbons (Fsp3) is 0.192. The molecular weight excluding hydrogens is 719 g/mol. The van der Waals surface area contributed by atoms with E-state index in [2.05, 4.69) is 37.9 Å². The van der Waals surface area contributed by atoms with Gasteiger partial charge in [0, 0.05) is 29.2 Å². The molecule has 0 bridgehead atoms. The number of nitrogens with one attached hydrogen (secondary N) is 1. The van der Waals surface area contributed by atoms with Crippen molar-refractivity contribution < 1.29 is 49.8 Å². The zero-order valence-electron chi connectivity index (χ0n) is 20.9. The van der Waals surface area contributed by atoms with E-state index in [1.165, 1.54) is 25.6 Å². The van der Waals surface area contributed by atoms with Crippen molar-refractivity contribution in [2.45, 2.75) is 27.2 Å². The van der Waals surface area contributed by atoms with E-state index >= 15 is 0 Å². The van der Waals surface area contributed by atoms with Crippen LogP contribution in [0, 0.1) is 56.3 Å². The summed E-state index contributed by atoms with van der Waals surface area (Å²) in [5, 5.41) is 10.1. The number of rotatable bonds is 8. The van der Waals surface area contributed by atoms with Crippen LogP contribution < -0.4 is 10.1 Å². The number of nitrogens with zero attached hydrogens (tertiary/aromatic N) is 4. The molecule has 0 atom stereocenters. The van der Waals surface area contributed by atoms with Crippen LogP contribution in [0.25, 0.3) is 11.1 Å². The summed E-state index contributed by atoms with van der Waals surface area (Å²) >= 11 is 1.06. The molecule has 1 amide bonds. The van der Waals surface area contributed by atoms with E-state index in [4.69, 9.17) is 4.74 Å². The molecule has 0 spiro atoms. The van der Waals surface area contributed by atoms with Gasteiger partial charge in [0.25, 0.3) is 0 Å². The SMILES string of the molecule is COc1cccc(F)c1-c1cc(C)ncc1C(=O)Nc1nn[c-]s1.[CH2-]C(=C/C)/N=C/C(C=O)=C/CC.[U+2]. The fourth-order valence-electron chi connectivity index (χ4n) is 2.85. The molecule has 190 valence electrons. The molecule has 8 nitrogen and oxygen atoms in total. The molecule has 0 aliphatic heterocycles. The van der Waals surface area contributed by atoms with Gasteiger partial charge in [0.1, 0.15) is 11.6 Å². The average Bonchev–Trinajstić information content (AvgIpc) is 3.39. The van der Waals surface area contributed by atoms with Gasteiger partial charge in [-0.15, -0.1) is 12.6 Å². The van der Waals surface area contributed by atoms with Gasteiger partial charge in [-0.25, -0.2) is 22.5 Å². The minimum atomic E-state index is -0.488. The molecule has 37 heavy (non-hydrogen) atoms. The molecule has 0 saturated heterocycles. The average molecular weight is 746 g/mol. The molecule has 11 heteroatoms. The first-order valence-corrected chi connectivity index (χ1v) is 11.6. The predicted octanol–water partition coefficient (Wildman–Crippen LogP) is 5.44. The Balaban J connectivity index is 0.000000451. The van der Waals surface area contributed by atoms with E-state index < -0.39 is 11.7 Å². The van der Waals surface area contributed by atoms with Gasteiger partial charge in [0.2, 0.25) is 5.91 Å². The molecule has 0 radical (unpaired) electrons. The second kappa shape index (κ2) is 16.6. The minimum absolute atomic E-state index is 0. The summed E-state index contributed by atoms with van der Waals surface area (Å²) in [6.45, 7) is 9.23. The summed E-state index contributed by atoms with van der Waals surface area (Å²) in [5.41, 5.74) is 5.26. The molecule has 2 heterocycles. The van der Waals surface area contributed by atoms with Gasteiger partial charge < -0.3 is 10.1 Å². The molecule has 0 fully saturated rings. The number of aryl methyl sites for hydroxylation is 1. The molecule has 0 aliphatic rings. The number of benzene rings is 1. The smallest absolute Gasteiger partial charge is 0.496 e. The Morgan fingerprint density at radius 1 is 1.38 bits per heavy atom. The summed E-state index contributed by atoms with van der Waals surface area (Å²) in [6.07, 6.45) is 8.15. The fourth-order valence-corrected chi connectivity index (χ4v) is 3.24. The number of hydrogen-bond acceptors (Lipinski definition) is 8. The number of allylic oxidation sites excluding steroid dienone is 4. The van der Waals surface area contributed by atoms with Gasteiger partial charge >= 0.3 is 31.1 Å². The Hall–Kier alpha value is -3.13. The third-order valence-electron chi connectivity index (χ3n) is 4.58. The minimum Gasteiger partial charge on any atom is -0.496 e. The zero-order chi connectivity index (χ0) is 26.5. The number of ether oxygens (including phenoxy) is 1. The zero-order valence-corrected chi connectivity index (χ0v) is 25.9. The van der Waals surface area contributed by atoms with Crippen molar-refractivity contribution in [1.29, 1.82) is 0 Å². The van der Waals surface area contributed by atoms with Crippen LogP contribution in [0.2, 0.25) is 0 Å². The third-order valence-corrected chi connectivity index (χ3v) is 5.13. The van der Waals surface area contributed by atoms with E-state index in [0.29, 0.717) is 33.4 Å². The van der Waals surface area contributed by atoms with Crippen molar-refractivity contribution >= 4 is 34.9 Å². The number of carbonyl (C=O) groups is 2. The first kappa shape index (κ1) is 31.9. The number of carbonyl (C=O) groups excluding carboxylic acids is 2. The topological polar surface area (TPSA) is 106 Å². The number of anilines is 1. The quantitative estimate of drug-likeness (QED) is 0.143. The van der Waals surface area contributed by atoms with Gasteiger partial charge in [-0.05, 0) is 31.5 Å². The standard InChI is InChI=1S/C16H12FN4O2S.C10H14NO.U/c1-9-6-10(14-12(17)4-3-5-13(14)23-2)11(7-18-9)15(22)20-16-21-19-8-24-16;1-4-6-10(8-12)7-11-9(3)5-2;/h3-7H,1-2H3,(H,20,21,22);5-8H,3-4H2,1-2H3;/q2*-1;+2/b;9-5-,10-6-,11-7+;. The maximum Gasteiger partial charge on any atom is 2.00 e. The summed E-state index contributed by atoms with van der Waals surface area (Å²) < 4.78 is 19.7. The van der Waals surface area contributed by atoms with Crippen LogP contribution in [0.4, 0.5) is 9.52 Å². The predicted molar refractivity (Wildman–Crippen MR) is 140 cm³/mol. The van der Waals surface area contributed by atoms with Crippen molar-refractivity contribution in [1.82, 2.24) is 15.2 Å². The monoisotopic (exact) mass is 745 g/mol. The van der Waals surface area contributed by atoms with Crippen molar-refractivity contribution in [3.05, 3.63) is 83.4 Å². The van der Waals surface area contributed by atoms with E-state index in [-0.39, 0.29) is 42.2 Å². The van der Waals surface area contributed by atoms with Crippen LogP contribution in [-0.4, -0.2) is 40.7 Å². The Labute approximate surface area is 243 Å². The molecule has 1 N–H and O–H groups in total. The molecule has 0 unspecified atom stereocenters. The number of aliphatic imine (C=N–C) groups is 1. The van der Waals surface area contributed by atoms with Crippen LogP contribution >= 0.6 is 11.3 Å². The van der Waals surface area contributed by atoms with Crippen molar-refractivity contribution in [3.8, 4) is 16.9 Å². The third kappa shape index (κ3) is 9.69. The van der Waals surface area contributed by atoms with Crippen LogP contribution in [0.5, 0.6) is 5.75 Å². The Morgan fingerprint density at radius 3 is 2.73 bits per heavy atom. The number of hydrogen-bond donors (Lipinski definition) is 1.